The second-order valence-corrected chi connectivity index (χ2v) is 8.41. The number of benzene rings is 2. The van der Waals surface area contributed by atoms with Gasteiger partial charge >= 0.3 is 0 Å². The predicted octanol–water partition coefficient (Wildman–Crippen LogP) is 4.96. The summed E-state index contributed by atoms with van der Waals surface area (Å²) in [5.41, 5.74) is 2.79. The molecule has 1 atom stereocenters. The fraction of sp³-hybridized carbons (Fsp3) is 0.333. The van der Waals surface area contributed by atoms with Gasteiger partial charge in [-0.15, -0.1) is 0 Å². The summed E-state index contributed by atoms with van der Waals surface area (Å²) in [6.07, 6.45) is 0. The van der Waals surface area contributed by atoms with E-state index in [2.05, 4.69) is 52.0 Å². The van der Waals surface area contributed by atoms with Crippen LogP contribution in [0.3, 0.4) is 0 Å². The molecule has 2 aromatic carbocycles. The van der Waals surface area contributed by atoms with Crippen molar-refractivity contribution in [2.45, 2.75) is 38.8 Å². The molecule has 116 valence electrons. The number of nitro benzene ring substituents is 1. The van der Waals surface area contributed by atoms with Crippen molar-refractivity contribution in [1.82, 2.24) is 0 Å². The van der Waals surface area contributed by atoms with Crippen LogP contribution in [0.1, 0.15) is 44.7 Å². The summed E-state index contributed by atoms with van der Waals surface area (Å²) in [7, 11) is 0.567. The fourth-order valence-electron chi connectivity index (χ4n) is 2.38. The molecule has 0 aliphatic carbocycles. The first-order valence-corrected chi connectivity index (χ1v) is 8.42. The first-order valence-electron chi connectivity index (χ1n) is 7.42. The van der Waals surface area contributed by atoms with E-state index in [1.54, 1.807) is 12.1 Å². The Hall–Kier alpha value is -1.73. The molecule has 0 N–H and O–H groups in total. The van der Waals surface area contributed by atoms with Crippen LogP contribution in [0.15, 0.2) is 48.5 Å². The SMILES string of the molecule is CC(C)c1ccc(C(C)(C)Pc2ccc([N+](=O)[O-])cc2)cc1. The quantitative estimate of drug-likeness (QED) is 0.445. The predicted molar refractivity (Wildman–Crippen MR) is 94.6 cm³/mol. The zero-order valence-electron chi connectivity index (χ0n) is 13.5. The van der Waals surface area contributed by atoms with Crippen LogP contribution < -0.4 is 5.30 Å². The van der Waals surface area contributed by atoms with Crippen molar-refractivity contribution in [3.05, 3.63) is 69.8 Å². The van der Waals surface area contributed by atoms with Gasteiger partial charge in [0.2, 0.25) is 0 Å². The highest BCUT2D eigenvalue weighted by Gasteiger charge is 2.21. The Morgan fingerprint density at radius 3 is 2.00 bits per heavy atom. The molecule has 1 unspecified atom stereocenters. The normalized spacial score (nSPS) is 12.2. The molecule has 0 radical (unpaired) electrons. The van der Waals surface area contributed by atoms with Crippen LogP contribution in [0.4, 0.5) is 5.69 Å². The van der Waals surface area contributed by atoms with Crippen LogP contribution in [0.2, 0.25) is 0 Å². The van der Waals surface area contributed by atoms with Crippen molar-refractivity contribution in [3.8, 4) is 0 Å². The first-order chi connectivity index (χ1) is 10.3. The Kier molecular flexibility index (Phi) is 4.97. The molecule has 2 aromatic rings. The summed E-state index contributed by atoms with van der Waals surface area (Å²) in [6.45, 7) is 8.83. The Bertz CT molecular complexity index is 646. The van der Waals surface area contributed by atoms with Gasteiger partial charge in [0, 0.05) is 17.3 Å². The standard InChI is InChI=1S/C18H22NO2P/c1-13(2)14-5-7-15(8-6-14)18(3,4)22-17-11-9-16(10-12-17)19(20)21/h5-13,22H,1-4H3. The number of nitrogens with zero attached hydrogens (tertiary/aromatic N) is 1. The van der Waals surface area contributed by atoms with Gasteiger partial charge in [-0.3, -0.25) is 10.1 Å². The molecule has 2 rings (SSSR count). The van der Waals surface area contributed by atoms with Gasteiger partial charge in [0.05, 0.1) is 4.92 Å². The minimum atomic E-state index is -0.358. The second-order valence-electron chi connectivity index (χ2n) is 6.33. The van der Waals surface area contributed by atoms with Crippen molar-refractivity contribution < 1.29 is 4.92 Å². The first kappa shape index (κ1) is 16.6. The maximum Gasteiger partial charge on any atom is 0.269 e. The van der Waals surface area contributed by atoms with E-state index in [-0.39, 0.29) is 15.8 Å². The van der Waals surface area contributed by atoms with Gasteiger partial charge in [0.1, 0.15) is 0 Å². The third kappa shape index (κ3) is 3.92. The van der Waals surface area contributed by atoms with Crippen molar-refractivity contribution in [1.29, 1.82) is 0 Å². The highest BCUT2D eigenvalue weighted by Crippen LogP contribution is 2.40. The summed E-state index contributed by atoms with van der Waals surface area (Å²) >= 11 is 0. The van der Waals surface area contributed by atoms with Crippen molar-refractivity contribution in [3.63, 3.8) is 0 Å². The molecule has 4 heteroatoms. The molecular weight excluding hydrogens is 293 g/mol. The zero-order chi connectivity index (χ0) is 16.3. The van der Waals surface area contributed by atoms with Crippen LogP contribution in [-0.4, -0.2) is 4.92 Å². The summed E-state index contributed by atoms with van der Waals surface area (Å²) in [5.74, 6) is 0.536. The van der Waals surface area contributed by atoms with E-state index in [4.69, 9.17) is 0 Å². The lowest BCUT2D eigenvalue weighted by atomic mass is 9.97. The van der Waals surface area contributed by atoms with Crippen LogP contribution in [0.5, 0.6) is 0 Å². The minimum absolute atomic E-state index is 0.0195. The number of hydrogen-bond acceptors (Lipinski definition) is 2. The number of rotatable bonds is 5. The van der Waals surface area contributed by atoms with Gasteiger partial charge in [-0.25, -0.2) is 0 Å². The molecule has 0 saturated heterocycles. The number of non-ortho nitro benzene ring substituents is 1. The van der Waals surface area contributed by atoms with E-state index >= 15 is 0 Å². The minimum Gasteiger partial charge on any atom is -0.258 e. The average molecular weight is 315 g/mol. The van der Waals surface area contributed by atoms with Crippen LogP contribution in [0.25, 0.3) is 0 Å². The number of nitro groups is 1. The van der Waals surface area contributed by atoms with Gasteiger partial charge < -0.3 is 0 Å². The zero-order valence-corrected chi connectivity index (χ0v) is 14.5. The summed E-state index contributed by atoms with van der Waals surface area (Å²) in [6, 6.07) is 15.7. The maximum atomic E-state index is 10.7. The topological polar surface area (TPSA) is 43.1 Å². The van der Waals surface area contributed by atoms with Crippen LogP contribution >= 0.6 is 8.58 Å². The molecule has 0 fully saturated rings. The van der Waals surface area contributed by atoms with Gasteiger partial charge in [-0.05, 0) is 34.5 Å². The van der Waals surface area contributed by atoms with Crippen LogP contribution in [0, 0.1) is 10.1 Å². The average Bonchev–Trinajstić information content (AvgIpc) is 2.47. The molecule has 3 nitrogen and oxygen atoms in total. The molecule has 0 saturated carbocycles. The Morgan fingerprint density at radius 2 is 1.55 bits per heavy atom. The van der Waals surface area contributed by atoms with E-state index in [0.717, 1.165) is 5.30 Å². The van der Waals surface area contributed by atoms with E-state index in [1.165, 1.54) is 11.1 Å². The molecule has 0 heterocycles. The summed E-state index contributed by atoms with van der Waals surface area (Å²) in [5, 5.41) is 11.9. The van der Waals surface area contributed by atoms with Crippen LogP contribution in [-0.2, 0) is 5.16 Å². The molecule has 0 spiro atoms. The van der Waals surface area contributed by atoms with E-state index < -0.39 is 0 Å². The van der Waals surface area contributed by atoms with Gasteiger partial charge in [0.25, 0.3) is 5.69 Å². The number of hydrogen-bond donors (Lipinski definition) is 0. The van der Waals surface area contributed by atoms with E-state index in [0.29, 0.717) is 14.5 Å². The molecular formula is C18H22NO2P. The van der Waals surface area contributed by atoms with Crippen molar-refractivity contribution in [2.75, 3.05) is 0 Å². The lowest BCUT2D eigenvalue weighted by Crippen LogP contribution is -2.14. The Labute approximate surface area is 133 Å². The maximum absolute atomic E-state index is 10.7. The largest absolute Gasteiger partial charge is 0.269 e. The van der Waals surface area contributed by atoms with Crippen molar-refractivity contribution >= 4 is 19.6 Å². The summed E-state index contributed by atoms with van der Waals surface area (Å²) < 4.78 is 0. The Balaban J connectivity index is 2.17. The highest BCUT2D eigenvalue weighted by atomic mass is 31.1. The smallest absolute Gasteiger partial charge is 0.258 e. The van der Waals surface area contributed by atoms with Gasteiger partial charge in [-0.1, -0.05) is 60.5 Å². The molecule has 0 aliphatic heterocycles. The Morgan fingerprint density at radius 1 is 1.00 bits per heavy atom. The monoisotopic (exact) mass is 315 g/mol. The fourth-order valence-corrected chi connectivity index (χ4v) is 3.75. The molecule has 0 aliphatic rings. The summed E-state index contributed by atoms with van der Waals surface area (Å²) in [4.78, 5) is 10.4. The molecule has 0 aromatic heterocycles. The lowest BCUT2D eigenvalue weighted by molar-refractivity contribution is -0.384. The highest BCUT2D eigenvalue weighted by molar-refractivity contribution is 7.48. The van der Waals surface area contributed by atoms with Crippen molar-refractivity contribution in [2.24, 2.45) is 0 Å². The molecule has 22 heavy (non-hydrogen) atoms. The third-order valence-electron chi connectivity index (χ3n) is 3.83. The third-order valence-corrected chi connectivity index (χ3v) is 5.37. The van der Waals surface area contributed by atoms with Gasteiger partial charge in [0.15, 0.2) is 0 Å². The molecule has 0 bridgehead atoms. The molecule has 0 amide bonds. The second kappa shape index (κ2) is 6.58. The van der Waals surface area contributed by atoms with E-state index in [1.807, 2.05) is 12.1 Å². The lowest BCUT2D eigenvalue weighted by Gasteiger charge is -2.26. The van der Waals surface area contributed by atoms with E-state index in [9.17, 15) is 10.1 Å². The van der Waals surface area contributed by atoms with Gasteiger partial charge in [-0.2, -0.15) is 0 Å².